The molecule has 0 saturated carbocycles. The van der Waals surface area contributed by atoms with Crippen molar-refractivity contribution in [1.82, 2.24) is 4.98 Å². The zero-order valence-electron chi connectivity index (χ0n) is 8.27. The molecule has 2 heterocycles. The molecule has 0 aliphatic carbocycles. The van der Waals surface area contributed by atoms with E-state index in [0.29, 0.717) is 5.56 Å². The summed E-state index contributed by atoms with van der Waals surface area (Å²) in [6.07, 6.45) is 1.63. The van der Waals surface area contributed by atoms with Crippen molar-refractivity contribution in [3.8, 4) is 6.07 Å². The minimum absolute atomic E-state index is 0.616. The average Bonchev–Trinajstić information content (AvgIpc) is 2.73. The molecule has 0 saturated heterocycles. The number of anilines is 1. The highest BCUT2D eigenvalue weighted by atomic mass is 79.9. The highest BCUT2D eigenvalue weighted by Crippen LogP contribution is 2.20. The fraction of sp³-hybridized carbons (Fsp3) is 0.0909. The second-order valence-corrected chi connectivity index (χ2v) is 5.04. The molecule has 0 unspecified atom stereocenters. The van der Waals surface area contributed by atoms with Gasteiger partial charge in [-0.2, -0.15) is 5.26 Å². The lowest BCUT2D eigenvalue weighted by molar-refractivity contribution is 1.14. The number of hydrogen-bond donors (Lipinski definition) is 1. The SMILES string of the molecule is N#Cc1ccnc(NCc2cc(Br)cs2)c1. The minimum atomic E-state index is 0.616. The summed E-state index contributed by atoms with van der Waals surface area (Å²) in [5.74, 6) is 0.726. The van der Waals surface area contributed by atoms with Gasteiger partial charge in [-0.25, -0.2) is 4.98 Å². The van der Waals surface area contributed by atoms with Crippen LogP contribution in [0.4, 0.5) is 5.82 Å². The number of nitriles is 1. The van der Waals surface area contributed by atoms with Gasteiger partial charge >= 0.3 is 0 Å². The third-order valence-electron chi connectivity index (χ3n) is 1.95. The summed E-state index contributed by atoms with van der Waals surface area (Å²) in [5.41, 5.74) is 0.616. The van der Waals surface area contributed by atoms with E-state index in [0.717, 1.165) is 16.8 Å². The molecule has 16 heavy (non-hydrogen) atoms. The number of nitrogens with one attached hydrogen (secondary N) is 1. The van der Waals surface area contributed by atoms with E-state index in [1.54, 1.807) is 29.7 Å². The molecular formula is C11H8BrN3S. The van der Waals surface area contributed by atoms with Crippen LogP contribution in [0.5, 0.6) is 0 Å². The molecule has 2 aromatic heterocycles. The van der Waals surface area contributed by atoms with Crippen molar-refractivity contribution in [2.75, 3.05) is 5.32 Å². The first kappa shape index (κ1) is 11.1. The first-order chi connectivity index (χ1) is 7.78. The maximum atomic E-state index is 8.74. The molecule has 1 N–H and O–H groups in total. The first-order valence-corrected chi connectivity index (χ1v) is 6.28. The Balaban J connectivity index is 2.02. The third kappa shape index (κ3) is 2.81. The van der Waals surface area contributed by atoms with Crippen LogP contribution in [0.15, 0.2) is 34.2 Å². The average molecular weight is 294 g/mol. The molecule has 0 aliphatic rings. The van der Waals surface area contributed by atoms with Crippen molar-refractivity contribution < 1.29 is 0 Å². The second kappa shape index (κ2) is 5.10. The Bertz CT molecular complexity index is 530. The van der Waals surface area contributed by atoms with Crippen molar-refractivity contribution in [1.29, 1.82) is 5.26 Å². The summed E-state index contributed by atoms with van der Waals surface area (Å²) < 4.78 is 1.09. The van der Waals surface area contributed by atoms with Crippen molar-refractivity contribution in [2.45, 2.75) is 6.54 Å². The van der Waals surface area contributed by atoms with Gasteiger partial charge in [0.1, 0.15) is 5.82 Å². The van der Waals surface area contributed by atoms with Crippen LogP contribution in [0.1, 0.15) is 10.4 Å². The smallest absolute Gasteiger partial charge is 0.127 e. The Morgan fingerprint density at radius 1 is 1.50 bits per heavy atom. The van der Waals surface area contributed by atoms with Crippen LogP contribution in [-0.4, -0.2) is 4.98 Å². The van der Waals surface area contributed by atoms with E-state index < -0.39 is 0 Å². The second-order valence-electron chi connectivity index (χ2n) is 3.13. The van der Waals surface area contributed by atoms with Crippen LogP contribution in [0.3, 0.4) is 0 Å². The Kier molecular flexibility index (Phi) is 3.54. The summed E-state index contributed by atoms with van der Waals surface area (Å²) in [5, 5.41) is 14.0. The van der Waals surface area contributed by atoms with Gasteiger partial charge in [-0.15, -0.1) is 11.3 Å². The fourth-order valence-electron chi connectivity index (χ4n) is 1.22. The lowest BCUT2D eigenvalue weighted by atomic mass is 10.3. The van der Waals surface area contributed by atoms with E-state index >= 15 is 0 Å². The lowest BCUT2D eigenvalue weighted by Gasteiger charge is -2.03. The molecule has 80 valence electrons. The van der Waals surface area contributed by atoms with Crippen LogP contribution in [0, 0.1) is 11.3 Å². The van der Waals surface area contributed by atoms with Crippen LogP contribution in [0.2, 0.25) is 0 Å². The molecule has 0 amide bonds. The van der Waals surface area contributed by atoms with E-state index in [1.807, 2.05) is 5.38 Å². The quantitative estimate of drug-likeness (QED) is 0.944. The molecule has 0 radical (unpaired) electrons. The zero-order valence-corrected chi connectivity index (χ0v) is 10.7. The van der Waals surface area contributed by atoms with Gasteiger partial charge in [0.05, 0.1) is 18.2 Å². The number of halogens is 1. The fourth-order valence-corrected chi connectivity index (χ4v) is 2.61. The van der Waals surface area contributed by atoms with Gasteiger partial charge in [0, 0.05) is 20.9 Å². The number of nitrogens with zero attached hydrogens (tertiary/aromatic N) is 2. The van der Waals surface area contributed by atoms with Crippen molar-refractivity contribution in [3.63, 3.8) is 0 Å². The van der Waals surface area contributed by atoms with Crippen LogP contribution in [0.25, 0.3) is 0 Å². The first-order valence-electron chi connectivity index (χ1n) is 4.61. The van der Waals surface area contributed by atoms with Crippen molar-refractivity contribution in [3.05, 3.63) is 44.7 Å². The summed E-state index contributed by atoms with van der Waals surface area (Å²) >= 11 is 5.08. The van der Waals surface area contributed by atoms with Crippen LogP contribution < -0.4 is 5.32 Å². The zero-order chi connectivity index (χ0) is 11.4. The summed E-state index contributed by atoms with van der Waals surface area (Å²) in [7, 11) is 0. The number of thiophene rings is 1. The Morgan fingerprint density at radius 2 is 2.38 bits per heavy atom. The predicted molar refractivity (Wildman–Crippen MR) is 68.3 cm³/mol. The lowest BCUT2D eigenvalue weighted by Crippen LogP contribution is -1.99. The largest absolute Gasteiger partial charge is 0.365 e. The van der Waals surface area contributed by atoms with Gasteiger partial charge in [-0.1, -0.05) is 0 Å². The molecule has 2 aromatic rings. The summed E-state index contributed by atoms with van der Waals surface area (Å²) in [6, 6.07) is 7.57. The molecule has 0 aliphatic heterocycles. The molecule has 2 rings (SSSR count). The predicted octanol–water partition coefficient (Wildman–Crippen LogP) is 3.39. The highest BCUT2D eigenvalue weighted by molar-refractivity contribution is 9.10. The number of pyridine rings is 1. The topological polar surface area (TPSA) is 48.7 Å². The molecule has 0 spiro atoms. The molecule has 5 heteroatoms. The van der Waals surface area contributed by atoms with Gasteiger partial charge in [0.25, 0.3) is 0 Å². The maximum Gasteiger partial charge on any atom is 0.127 e. The van der Waals surface area contributed by atoms with E-state index in [1.165, 1.54) is 4.88 Å². The molecule has 3 nitrogen and oxygen atoms in total. The van der Waals surface area contributed by atoms with Gasteiger partial charge < -0.3 is 5.32 Å². The Morgan fingerprint density at radius 3 is 3.06 bits per heavy atom. The van der Waals surface area contributed by atoms with Gasteiger partial charge in [-0.3, -0.25) is 0 Å². The van der Waals surface area contributed by atoms with Gasteiger partial charge in [0.15, 0.2) is 0 Å². The number of rotatable bonds is 3. The molecule has 0 aromatic carbocycles. The normalized spacial score (nSPS) is 9.75. The molecule has 0 fully saturated rings. The van der Waals surface area contributed by atoms with Gasteiger partial charge in [-0.05, 0) is 34.1 Å². The summed E-state index contributed by atoms with van der Waals surface area (Å²) in [4.78, 5) is 5.36. The molecule has 0 atom stereocenters. The van der Waals surface area contributed by atoms with E-state index in [-0.39, 0.29) is 0 Å². The monoisotopic (exact) mass is 293 g/mol. The molecular weight excluding hydrogens is 286 g/mol. The Hall–Kier alpha value is -1.38. The highest BCUT2D eigenvalue weighted by Gasteiger charge is 1.99. The summed E-state index contributed by atoms with van der Waals surface area (Å²) in [6.45, 7) is 0.720. The van der Waals surface area contributed by atoms with Crippen molar-refractivity contribution >= 4 is 33.1 Å². The van der Waals surface area contributed by atoms with Crippen LogP contribution >= 0.6 is 27.3 Å². The number of aromatic nitrogens is 1. The van der Waals surface area contributed by atoms with Crippen molar-refractivity contribution in [2.24, 2.45) is 0 Å². The standard InChI is InChI=1S/C11H8BrN3S/c12-9-4-10(16-7-9)6-15-11-3-8(5-13)1-2-14-11/h1-4,7H,6H2,(H,14,15). The maximum absolute atomic E-state index is 8.74. The molecule has 0 bridgehead atoms. The van der Waals surface area contributed by atoms with E-state index in [9.17, 15) is 0 Å². The van der Waals surface area contributed by atoms with Crippen LogP contribution in [-0.2, 0) is 6.54 Å². The third-order valence-corrected chi connectivity index (χ3v) is 3.65. The number of hydrogen-bond acceptors (Lipinski definition) is 4. The van der Waals surface area contributed by atoms with E-state index in [2.05, 4.69) is 38.4 Å². The Labute approximate surface area is 106 Å². The van der Waals surface area contributed by atoms with E-state index in [4.69, 9.17) is 5.26 Å². The minimum Gasteiger partial charge on any atom is -0.365 e. The van der Waals surface area contributed by atoms with Gasteiger partial charge in [0.2, 0.25) is 0 Å².